The Morgan fingerprint density at radius 2 is 1.82 bits per heavy atom. The first-order valence-corrected chi connectivity index (χ1v) is 11.7. The van der Waals surface area contributed by atoms with E-state index in [2.05, 4.69) is 6.92 Å². The molecule has 0 aromatic heterocycles. The van der Waals surface area contributed by atoms with Crippen LogP contribution < -0.4 is 14.7 Å². The van der Waals surface area contributed by atoms with Crippen molar-refractivity contribution < 1.29 is 24.3 Å². The molecule has 2 aromatic rings. The van der Waals surface area contributed by atoms with E-state index >= 15 is 0 Å². The number of rotatable bonds is 10. The predicted octanol–water partition coefficient (Wildman–Crippen LogP) is 1.93. The van der Waals surface area contributed by atoms with Gasteiger partial charge in [-0.3, -0.25) is 9.59 Å². The summed E-state index contributed by atoms with van der Waals surface area (Å²) >= 11 is 0. The zero-order chi connectivity index (χ0) is 24.0. The van der Waals surface area contributed by atoms with E-state index in [9.17, 15) is 14.7 Å². The Balaban J connectivity index is 1.99. The summed E-state index contributed by atoms with van der Waals surface area (Å²) in [5.41, 5.74) is 2.03. The van der Waals surface area contributed by atoms with Crippen molar-refractivity contribution in [3.05, 3.63) is 70.8 Å². The van der Waals surface area contributed by atoms with Crippen LogP contribution in [0.15, 0.2) is 54.1 Å². The molecule has 0 bridgehead atoms. The van der Waals surface area contributed by atoms with Gasteiger partial charge in [0.1, 0.15) is 5.75 Å². The van der Waals surface area contributed by atoms with E-state index in [1.807, 2.05) is 51.4 Å². The Morgan fingerprint density at radius 1 is 1.09 bits per heavy atom. The number of amides is 1. The second kappa shape index (κ2) is 11.1. The average Bonchev–Trinajstić information content (AvgIpc) is 3.05. The van der Waals surface area contributed by atoms with Crippen molar-refractivity contribution in [2.75, 3.05) is 33.8 Å². The van der Waals surface area contributed by atoms with E-state index in [-0.39, 0.29) is 5.57 Å². The monoisotopic (exact) mass is 450 g/mol. The number of likely N-dealkylation sites (tertiary alicyclic amines) is 1. The summed E-state index contributed by atoms with van der Waals surface area (Å²) in [5.74, 6) is -0.971. The maximum Gasteiger partial charge on any atom is 0.295 e. The van der Waals surface area contributed by atoms with E-state index in [0.29, 0.717) is 18.7 Å². The van der Waals surface area contributed by atoms with E-state index in [1.54, 1.807) is 23.1 Å². The highest BCUT2D eigenvalue weighted by Gasteiger charge is 2.43. The summed E-state index contributed by atoms with van der Waals surface area (Å²) in [6.07, 6.45) is 2.74. The number of unbranched alkanes of at least 4 members (excludes halogenated alkanes) is 1. The van der Waals surface area contributed by atoms with Gasteiger partial charge >= 0.3 is 0 Å². The molecular formula is C27H34N2O4. The minimum absolute atomic E-state index is 0.0300. The molecule has 1 fully saturated rings. The number of benzene rings is 2. The number of nitrogens with zero attached hydrogens (tertiary/aromatic N) is 1. The van der Waals surface area contributed by atoms with E-state index in [4.69, 9.17) is 4.74 Å². The molecule has 0 radical (unpaired) electrons. The third kappa shape index (κ3) is 5.63. The minimum Gasteiger partial charge on any atom is -0.872 e. The first-order valence-electron chi connectivity index (χ1n) is 11.7. The van der Waals surface area contributed by atoms with Crippen molar-refractivity contribution in [2.45, 2.75) is 39.2 Å². The highest BCUT2D eigenvalue weighted by Crippen LogP contribution is 2.39. The molecule has 0 saturated carbocycles. The van der Waals surface area contributed by atoms with Gasteiger partial charge in [-0.1, -0.05) is 55.5 Å². The minimum atomic E-state index is -0.702. The molecule has 1 atom stereocenters. The van der Waals surface area contributed by atoms with Gasteiger partial charge in [-0.15, -0.1) is 0 Å². The standard InChI is InChI=1S/C27H34N2O4/c1-5-6-17-33-22-14-13-21(18-19(22)2)25(30)23-24(20-11-8-7-9-12-20)29(27(32)26(23)31)16-10-15-28(3)4/h7-9,11-14,18,24,30H,5-6,10,15-17H2,1-4H3. The molecule has 1 heterocycles. The number of hydrogen-bond acceptors (Lipinski definition) is 4. The predicted molar refractivity (Wildman–Crippen MR) is 127 cm³/mol. The lowest BCUT2D eigenvalue weighted by molar-refractivity contribution is -0.858. The number of ether oxygens (including phenoxy) is 1. The van der Waals surface area contributed by atoms with Crippen molar-refractivity contribution >= 4 is 17.4 Å². The van der Waals surface area contributed by atoms with E-state index in [0.717, 1.165) is 42.7 Å². The van der Waals surface area contributed by atoms with E-state index in [1.165, 1.54) is 4.90 Å². The molecule has 1 aliphatic heterocycles. The number of carbonyl (C=O) groups excluding carboxylic acids is 2. The summed E-state index contributed by atoms with van der Waals surface area (Å²) in [6, 6.07) is 13.9. The number of Topliss-reactive ketones (excluding diaryl/α,β-unsaturated/α-hetero) is 1. The van der Waals surface area contributed by atoms with Crippen molar-refractivity contribution in [2.24, 2.45) is 0 Å². The van der Waals surface area contributed by atoms with Gasteiger partial charge in [0.15, 0.2) is 0 Å². The van der Waals surface area contributed by atoms with E-state index < -0.39 is 23.5 Å². The second-order valence-electron chi connectivity index (χ2n) is 8.88. The highest BCUT2D eigenvalue weighted by molar-refractivity contribution is 6.46. The van der Waals surface area contributed by atoms with Crippen LogP contribution in [-0.2, 0) is 9.59 Å². The molecule has 1 aliphatic rings. The maximum absolute atomic E-state index is 13.6. The molecule has 33 heavy (non-hydrogen) atoms. The van der Waals surface area contributed by atoms with Crippen LogP contribution in [0.5, 0.6) is 5.75 Å². The SMILES string of the molecule is CCCCOc1ccc(C([O-])=C2C(=O)C(=O)N(CCC[NH+](C)C)C2c2ccccc2)cc1C. The van der Waals surface area contributed by atoms with Gasteiger partial charge in [-0.25, -0.2) is 0 Å². The normalized spacial score (nSPS) is 17.7. The van der Waals surface area contributed by atoms with Crippen LogP contribution >= 0.6 is 0 Å². The molecule has 1 amide bonds. The molecule has 1 unspecified atom stereocenters. The summed E-state index contributed by atoms with van der Waals surface area (Å²) in [7, 11) is 4.09. The average molecular weight is 451 g/mol. The Kier molecular flexibility index (Phi) is 8.28. The lowest BCUT2D eigenvalue weighted by atomic mass is 9.95. The summed E-state index contributed by atoms with van der Waals surface area (Å²) in [6.45, 7) is 5.89. The zero-order valence-electron chi connectivity index (χ0n) is 20.0. The number of aryl methyl sites for hydroxylation is 1. The number of hydrogen-bond donors (Lipinski definition) is 1. The van der Waals surface area contributed by atoms with Crippen LogP contribution in [0.4, 0.5) is 0 Å². The molecule has 3 rings (SSSR count). The Morgan fingerprint density at radius 3 is 2.45 bits per heavy atom. The molecule has 1 saturated heterocycles. The van der Waals surface area contributed by atoms with Crippen LogP contribution in [0, 0.1) is 6.92 Å². The highest BCUT2D eigenvalue weighted by atomic mass is 16.5. The molecule has 0 spiro atoms. The molecule has 6 heteroatoms. The Labute approximate surface area is 196 Å². The van der Waals surface area contributed by atoms with Crippen molar-refractivity contribution in [1.29, 1.82) is 0 Å². The number of nitrogens with one attached hydrogen (secondary N) is 1. The molecule has 6 nitrogen and oxygen atoms in total. The first kappa shape index (κ1) is 24.5. The smallest absolute Gasteiger partial charge is 0.295 e. The number of ketones is 1. The van der Waals surface area contributed by atoms with Gasteiger partial charge in [0, 0.05) is 18.5 Å². The van der Waals surface area contributed by atoms with Crippen molar-refractivity contribution in [3.63, 3.8) is 0 Å². The van der Waals surface area contributed by atoms with Crippen molar-refractivity contribution in [1.82, 2.24) is 4.90 Å². The fourth-order valence-electron chi connectivity index (χ4n) is 4.12. The molecular weight excluding hydrogens is 416 g/mol. The lowest BCUT2D eigenvalue weighted by Crippen LogP contribution is -3.05. The zero-order valence-corrected chi connectivity index (χ0v) is 20.0. The van der Waals surface area contributed by atoms with Gasteiger partial charge in [-0.2, -0.15) is 0 Å². The van der Waals surface area contributed by atoms with Crippen LogP contribution in [-0.4, -0.2) is 50.4 Å². The molecule has 2 aromatic carbocycles. The first-order chi connectivity index (χ1) is 15.8. The molecule has 1 N–H and O–H groups in total. The van der Waals surface area contributed by atoms with Crippen LogP contribution in [0.1, 0.15) is 48.9 Å². The number of carbonyl (C=O) groups is 2. The third-order valence-corrected chi connectivity index (χ3v) is 5.91. The van der Waals surface area contributed by atoms with Crippen LogP contribution in [0.3, 0.4) is 0 Å². The summed E-state index contributed by atoms with van der Waals surface area (Å²) < 4.78 is 5.80. The van der Waals surface area contributed by atoms with Crippen LogP contribution in [0.2, 0.25) is 0 Å². The van der Waals surface area contributed by atoms with Gasteiger partial charge in [0.2, 0.25) is 5.78 Å². The van der Waals surface area contributed by atoms with Gasteiger partial charge in [0.25, 0.3) is 5.91 Å². The largest absolute Gasteiger partial charge is 0.872 e. The molecule has 176 valence electrons. The fourth-order valence-corrected chi connectivity index (χ4v) is 4.12. The molecule has 0 aliphatic carbocycles. The summed E-state index contributed by atoms with van der Waals surface area (Å²) in [5, 5.41) is 13.6. The Bertz CT molecular complexity index is 1010. The second-order valence-corrected chi connectivity index (χ2v) is 8.88. The summed E-state index contributed by atoms with van der Waals surface area (Å²) in [4.78, 5) is 28.8. The maximum atomic E-state index is 13.6. The third-order valence-electron chi connectivity index (χ3n) is 5.91. The fraction of sp³-hybridized carbons (Fsp3) is 0.407. The van der Waals surface area contributed by atoms with Crippen LogP contribution in [0.25, 0.3) is 5.76 Å². The van der Waals surface area contributed by atoms with Crippen molar-refractivity contribution in [3.8, 4) is 5.75 Å². The topological polar surface area (TPSA) is 74.1 Å². The van der Waals surface area contributed by atoms with Gasteiger partial charge in [-0.05, 0) is 42.2 Å². The van der Waals surface area contributed by atoms with Gasteiger partial charge in [0.05, 0.1) is 33.3 Å². The van der Waals surface area contributed by atoms with Gasteiger partial charge < -0.3 is 19.6 Å². The quantitative estimate of drug-likeness (QED) is 0.260. The lowest BCUT2D eigenvalue weighted by Gasteiger charge is -2.27. The number of quaternary nitrogens is 1. The Hall–Kier alpha value is -3.12.